The maximum atomic E-state index is 13.2. The topological polar surface area (TPSA) is 135 Å². The Kier molecular flexibility index (Phi) is 9.42. The molecule has 2 aromatic carbocycles. The predicted molar refractivity (Wildman–Crippen MR) is 191 cm³/mol. The molecular weight excluding hydrogens is 632 g/mol. The zero-order valence-electron chi connectivity index (χ0n) is 29.0. The van der Waals surface area contributed by atoms with Crippen molar-refractivity contribution < 1.29 is 23.9 Å². The molecule has 258 valence electrons. The van der Waals surface area contributed by atoms with Crippen molar-refractivity contribution in [2.24, 2.45) is 5.41 Å². The summed E-state index contributed by atoms with van der Waals surface area (Å²) in [5.41, 5.74) is 4.46. The van der Waals surface area contributed by atoms with Crippen LogP contribution in [0.2, 0.25) is 0 Å². The van der Waals surface area contributed by atoms with Gasteiger partial charge in [-0.3, -0.25) is 19.3 Å². The van der Waals surface area contributed by atoms with Crippen LogP contribution in [0.4, 0.5) is 10.5 Å². The van der Waals surface area contributed by atoms with Crippen LogP contribution in [-0.2, 0) is 16.1 Å². The fourth-order valence-corrected chi connectivity index (χ4v) is 6.55. The molecule has 1 aliphatic carbocycles. The molecule has 2 N–H and O–H groups in total. The Labute approximate surface area is 291 Å². The molecule has 50 heavy (non-hydrogen) atoms. The normalized spacial score (nSPS) is 18.3. The van der Waals surface area contributed by atoms with E-state index in [0.29, 0.717) is 47.7 Å². The van der Waals surface area contributed by atoms with Crippen molar-refractivity contribution in [1.29, 1.82) is 0 Å². The zero-order valence-corrected chi connectivity index (χ0v) is 29.0. The van der Waals surface area contributed by atoms with Crippen molar-refractivity contribution in [3.05, 3.63) is 113 Å². The minimum atomic E-state index is -0.677. The number of hydrogen-bond acceptors (Lipinski definition) is 7. The number of carbonyl (C=O) groups is 4. The number of allylic oxidation sites excluding steroid dienone is 4. The first-order valence-electron chi connectivity index (χ1n) is 16.8. The van der Waals surface area contributed by atoms with Crippen LogP contribution in [0.3, 0.4) is 0 Å². The third-order valence-electron chi connectivity index (χ3n) is 9.05. The van der Waals surface area contributed by atoms with Gasteiger partial charge in [0, 0.05) is 53.4 Å². The Morgan fingerprint density at radius 1 is 1.12 bits per heavy atom. The van der Waals surface area contributed by atoms with Gasteiger partial charge >= 0.3 is 6.09 Å². The number of nitrogens with zero attached hydrogens (tertiary/aromatic N) is 4. The van der Waals surface area contributed by atoms with Gasteiger partial charge in [0.15, 0.2) is 11.5 Å². The molecule has 4 aromatic rings. The lowest BCUT2D eigenvalue weighted by atomic mass is 9.66. The molecule has 0 radical (unpaired) electrons. The summed E-state index contributed by atoms with van der Waals surface area (Å²) in [6.45, 7) is 10.3. The minimum Gasteiger partial charge on any atom is -0.444 e. The van der Waals surface area contributed by atoms with E-state index in [1.807, 2.05) is 63.4 Å². The number of aldehydes is 1. The Bertz CT molecular complexity index is 2000. The maximum absolute atomic E-state index is 13.2. The van der Waals surface area contributed by atoms with E-state index in [1.165, 1.54) is 0 Å². The molecule has 11 heteroatoms. The third-order valence-corrected chi connectivity index (χ3v) is 9.05. The number of ether oxygens (including phenoxy) is 1. The number of anilines is 1. The average molecular weight is 675 g/mol. The molecule has 3 heterocycles. The second-order valence-corrected chi connectivity index (χ2v) is 14.4. The van der Waals surface area contributed by atoms with Crippen molar-refractivity contribution in [2.45, 2.75) is 71.6 Å². The van der Waals surface area contributed by atoms with E-state index in [4.69, 9.17) is 9.72 Å². The number of carbonyl (C=O) groups excluding carboxylic acids is 4. The second-order valence-electron chi connectivity index (χ2n) is 14.4. The smallest absolute Gasteiger partial charge is 0.410 e. The summed E-state index contributed by atoms with van der Waals surface area (Å²) >= 11 is 0. The largest absolute Gasteiger partial charge is 0.444 e. The van der Waals surface area contributed by atoms with E-state index in [9.17, 15) is 19.2 Å². The van der Waals surface area contributed by atoms with Crippen molar-refractivity contribution in [3.63, 3.8) is 0 Å². The summed E-state index contributed by atoms with van der Waals surface area (Å²) < 4.78 is 7.38. The van der Waals surface area contributed by atoms with E-state index in [-0.39, 0.29) is 35.7 Å². The highest BCUT2D eigenvalue weighted by Gasteiger charge is 2.36. The number of pyridine rings is 1. The molecule has 2 atom stereocenters. The molecule has 0 spiro atoms. The monoisotopic (exact) mass is 674 g/mol. The van der Waals surface area contributed by atoms with E-state index in [2.05, 4.69) is 47.8 Å². The van der Waals surface area contributed by atoms with E-state index >= 15 is 0 Å². The minimum absolute atomic E-state index is 0.00599. The first kappa shape index (κ1) is 34.3. The standard InChI is InChI=1S/C39H42N6O5/c1-38(2,3)50-37(49)44(22-30-16-17-35(47)40-30)23-33-42-34-21-28(18-19-45(34)43-33)32-11-7-10-31(39(32,4)5)27-8-6-9-29(20-27)41-36(48)26-14-12-25(24-46)13-15-26/h6-15,18-21,24,30,32H,16-17,22-23H2,1-5H3,(H,40,47)(H,41,48)/t30-,32?/m0/s1. The number of benzene rings is 2. The van der Waals surface area contributed by atoms with Gasteiger partial charge in [-0.15, -0.1) is 5.10 Å². The molecule has 1 unspecified atom stereocenters. The fourth-order valence-electron chi connectivity index (χ4n) is 6.55. The highest BCUT2D eigenvalue weighted by molar-refractivity contribution is 6.04. The van der Waals surface area contributed by atoms with E-state index < -0.39 is 11.7 Å². The first-order valence-corrected chi connectivity index (χ1v) is 16.8. The van der Waals surface area contributed by atoms with Gasteiger partial charge < -0.3 is 15.4 Å². The number of amides is 3. The Hall–Kier alpha value is -5.58. The summed E-state index contributed by atoms with van der Waals surface area (Å²) in [7, 11) is 0. The second kappa shape index (κ2) is 13.7. The molecule has 6 rings (SSSR count). The number of fused-ring (bicyclic) bond motifs is 1. The van der Waals surface area contributed by atoms with Gasteiger partial charge in [0.25, 0.3) is 5.91 Å². The quantitative estimate of drug-likeness (QED) is 0.192. The molecule has 1 aliphatic heterocycles. The van der Waals surface area contributed by atoms with Crippen molar-refractivity contribution >= 4 is 41.1 Å². The molecule has 1 saturated heterocycles. The highest BCUT2D eigenvalue weighted by Crippen LogP contribution is 2.49. The van der Waals surface area contributed by atoms with Crippen LogP contribution in [0.5, 0.6) is 0 Å². The molecule has 2 aliphatic rings. The molecular formula is C39H42N6O5. The molecule has 0 saturated carbocycles. The predicted octanol–water partition coefficient (Wildman–Crippen LogP) is 6.57. The lowest BCUT2D eigenvalue weighted by Crippen LogP contribution is -2.44. The van der Waals surface area contributed by atoms with Gasteiger partial charge in [-0.1, -0.05) is 56.3 Å². The van der Waals surface area contributed by atoms with Crippen LogP contribution in [0.1, 0.15) is 91.0 Å². The van der Waals surface area contributed by atoms with E-state index in [1.54, 1.807) is 33.7 Å². The molecule has 0 bridgehead atoms. The summed E-state index contributed by atoms with van der Waals surface area (Å²) in [5.74, 6) is 0.199. The van der Waals surface area contributed by atoms with Gasteiger partial charge in [-0.05, 0) is 80.3 Å². The average Bonchev–Trinajstić information content (AvgIpc) is 3.67. The maximum Gasteiger partial charge on any atom is 0.410 e. The summed E-state index contributed by atoms with van der Waals surface area (Å²) in [6.07, 6.45) is 9.59. The number of hydrogen-bond donors (Lipinski definition) is 2. The van der Waals surface area contributed by atoms with Crippen LogP contribution in [0.25, 0.3) is 11.2 Å². The Morgan fingerprint density at radius 2 is 1.90 bits per heavy atom. The van der Waals surface area contributed by atoms with Crippen molar-refractivity contribution in [1.82, 2.24) is 24.8 Å². The molecule has 3 amide bonds. The summed E-state index contributed by atoms with van der Waals surface area (Å²) in [5, 5.41) is 10.6. The van der Waals surface area contributed by atoms with Gasteiger partial charge in [0.05, 0.1) is 6.54 Å². The SMILES string of the molecule is CC(C)(C)OC(=O)N(Cc1nc2cc(C3C=CC=C(c4cccc(NC(=O)c5ccc(C=O)cc5)c4)C3(C)C)ccn2n1)C[C@@H]1CCC(=O)N1. The van der Waals surface area contributed by atoms with Crippen molar-refractivity contribution in [3.8, 4) is 0 Å². The Balaban J connectivity index is 1.20. The number of nitrogens with one attached hydrogen (secondary N) is 2. The van der Waals surface area contributed by atoms with Crippen LogP contribution in [-0.4, -0.2) is 61.9 Å². The number of aromatic nitrogens is 3. The van der Waals surface area contributed by atoms with Crippen LogP contribution >= 0.6 is 0 Å². The van der Waals surface area contributed by atoms with Gasteiger partial charge in [-0.25, -0.2) is 14.3 Å². The molecule has 2 aromatic heterocycles. The summed E-state index contributed by atoms with van der Waals surface area (Å²) in [4.78, 5) is 55.3. The lowest BCUT2D eigenvalue weighted by Gasteiger charge is -2.38. The zero-order chi connectivity index (χ0) is 35.6. The van der Waals surface area contributed by atoms with Gasteiger partial charge in [0.1, 0.15) is 11.9 Å². The molecule has 11 nitrogen and oxygen atoms in total. The van der Waals surface area contributed by atoms with Crippen molar-refractivity contribution in [2.75, 3.05) is 11.9 Å². The van der Waals surface area contributed by atoms with Gasteiger partial charge in [0.2, 0.25) is 5.91 Å². The molecule has 1 fully saturated rings. The van der Waals surface area contributed by atoms with E-state index in [0.717, 1.165) is 23.0 Å². The fraction of sp³-hybridized carbons (Fsp3) is 0.333. The van der Waals surface area contributed by atoms with Crippen LogP contribution in [0.15, 0.2) is 85.1 Å². The number of rotatable bonds is 9. The highest BCUT2D eigenvalue weighted by atomic mass is 16.6. The van der Waals surface area contributed by atoms with Crippen LogP contribution in [0, 0.1) is 5.41 Å². The van der Waals surface area contributed by atoms with Crippen LogP contribution < -0.4 is 10.6 Å². The Morgan fingerprint density at radius 3 is 2.60 bits per heavy atom. The third kappa shape index (κ3) is 7.67. The summed E-state index contributed by atoms with van der Waals surface area (Å²) in [6, 6.07) is 18.2. The van der Waals surface area contributed by atoms with Gasteiger partial charge in [-0.2, -0.15) is 0 Å². The first-order chi connectivity index (χ1) is 23.8. The lowest BCUT2D eigenvalue weighted by molar-refractivity contribution is -0.119.